The Labute approximate surface area is 124 Å². The number of alkyl halides is 2. The van der Waals surface area contributed by atoms with Crippen LogP contribution < -0.4 is 4.74 Å². The van der Waals surface area contributed by atoms with Crippen LogP contribution in [0.1, 0.15) is 31.2 Å². The van der Waals surface area contributed by atoms with Gasteiger partial charge in [-0.1, -0.05) is 12.1 Å². The fourth-order valence-corrected chi connectivity index (χ4v) is 3.01. The van der Waals surface area contributed by atoms with Crippen LogP contribution in [0.5, 0.6) is 5.75 Å². The molecule has 0 radical (unpaired) electrons. The van der Waals surface area contributed by atoms with Gasteiger partial charge in [0.25, 0.3) is 0 Å². The van der Waals surface area contributed by atoms with E-state index in [1.807, 2.05) is 6.07 Å². The molecule has 0 heterocycles. The number of aliphatic hydroxyl groups excluding tert-OH is 1. The molecule has 0 saturated heterocycles. The molecule has 5 heteroatoms. The van der Waals surface area contributed by atoms with Crippen molar-refractivity contribution in [2.24, 2.45) is 5.92 Å². The van der Waals surface area contributed by atoms with Crippen molar-refractivity contribution in [3.8, 4) is 5.75 Å². The molecule has 21 heavy (non-hydrogen) atoms. The molecule has 1 N–H and O–H groups in total. The molecule has 1 saturated carbocycles. The second kappa shape index (κ2) is 7.71. The number of aliphatic hydroxyl groups is 1. The topological polar surface area (TPSA) is 32.7 Å². The van der Waals surface area contributed by atoms with Crippen molar-refractivity contribution in [3.63, 3.8) is 0 Å². The zero-order chi connectivity index (χ0) is 15.2. The minimum atomic E-state index is -2.79. The molecule has 0 amide bonds. The average molecular weight is 299 g/mol. The van der Waals surface area contributed by atoms with Gasteiger partial charge in [-0.05, 0) is 56.3 Å². The van der Waals surface area contributed by atoms with E-state index >= 15 is 0 Å². The Morgan fingerprint density at radius 2 is 2.00 bits per heavy atom. The van der Waals surface area contributed by atoms with Crippen molar-refractivity contribution in [2.45, 2.75) is 44.9 Å². The van der Waals surface area contributed by atoms with Crippen LogP contribution in [0, 0.1) is 5.92 Å². The van der Waals surface area contributed by atoms with E-state index in [-0.39, 0.29) is 12.4 Å². The standard InChI is InChI=1S/C16H23F2NO2/c1-19(14-7-5-12(11-20)6-8-14)10-13-3-2-4-15(9-13)21-16(17)18/h2-4,9,12,14,16,20H,5-8,10-11H2,1H3. The highest BCUT2D eigenvalue weighted by Crippen LogP contribution is 2.27. The van der Waals surface area contributed by atoms with Gasteiger partial charge in [0.2, 0.25) is 0 Å². The first kappa shape index (κ1) is 16.2. The predicted molar refractivity (Wildman–Crippen MR) is 77.4 cm³/mol. The van der Waals surface area contributed by atoms with E-state index in [0.29, 0.717) is 12.0 Å². The number of ether oxygens (including phenoxy) is 1. The second-order valence-corrected chi connectivity index (χ2v) is 5.80. The summed E-state index contributed by atoms with van der Waals surface area (Å²) >= 11 is 0. The number of nitrogens with zero attached hydrogens (tertiary/aromatic N) is 1. The number of hydrogen-bond acceptors (Lipinski definition) is 3. The molecule has 3 nitrogen and oxygen atoms in total. The third kappa shape index (κ3) is 4.93. The molecule has 1 aromatic carbocycles. The smallest absolute Gasteiger partial charge is 0.387 e. The van der Waals surface area contributed by atoms with Gasteiger partial charge in [-0.25, -0.2) is 0 Å². The summed E-state index contributed by atoms with van der Waals surface area (Å²) in [5, 5.41) is 9.16. The van der Waals surface area contributed by atoms with Crippen molar-refractivity contribution in [1.82, 2.24) is 4.90 Å². The van der Waals surface area contributed by atoms with Gasteiger partial charge >= 0.3 is 6.61 Å². The van der Waals surface area contributed by atoms with Gasteiger partial charge in [-0.2, -0.15) is 8.78 Å². The Balaban J connectivity index is 1.89. The van der Waals surface area contributed by atoms with Gasteiger partial charge in [0.15, 0.2) is 0 Å². The molecule has 118 valence electrons. The summed E-state index contributed by atoms with van der Waals surface area (Å²) in [5.41, 5.74) is 0.972. The first-order chi connectivity index (χ1) is 10.1. The van der Waals surface area contributed by atoms with Crippen molar-refractivity contribution >= 4 is 0 Å². The lowest BCUT2D eigenvalue weighted by Gasteiger charge is -2.34. The number of halogens is 2. The quantitative estimate of drug-likeness (QED) is 0.875. The third-order valence-corrected chi connectivity index (χ3v) is 4.25. The lowest BCUT2D eigenvalue weighted by Crippen LogP contribution is -2.35. The van der Waals surface area contributed by atoms with Crippen LogP contribution in [-0.2, 0) is 6.54 Å². The zero-order valence-corrected chi connectivity index (χ0v) is 12.3. The molecular formula is C16H23F2NO2. The van der Waals surface area contributed by atoms with E-state index in [4.69, 9.17) is 5.11 Å². The highest BCUT2D eigenvalue weighted by molar-refractivity contribution is 5.28. The third-order valence-electron chi connectivity index (χ3n) is 4.25. The molecule has 0 bridgehead atoms. The van der Waals surface area contributed by atoms with Gasteiger partial charge in [0, 0.05) is 19.2 Å². The Bertz CT molecular complexity index is 434. The van der Waals surface area contributed by atoms with Crippen LogP contribution in [0.15, 0.2) is 24.3 Å². The second-order valence-electron chi connectivity index (χ2n) is 5.80. The van der Waals surface area contributed by atoms with Crippen LogP contribution in [0.4, 0.5) is 8.78 Å². The summed E-state index contributed by atoms with van der Waals surface area (Å²) in [7, 11) is 2.06. The molecule has 0 atom stereocenters. The normalized spacial score (nSPS) is 22.8. The summed E-state index contributed by atoms with van der Waals surface area (Å²) < 4.78 is 28.9. The maximum Gasteiger partial charge on any atom is 0.387 e. The first-order valence-corrected chi connectivity index (χ1v) is 7.43. The maximum atomic E-state index is 12.2. The molecular weight excluding hydrogens is 276 g/mol. The highest BCUT2D eigenvalue weighted by Gasteiger charge is 2.23. The molecule has 0 spiro atoms. The minimum Gasteiger partial charge on any atom is -0.435 e. The van der Waals surface area contributed by atoms with E-state index in [1.54, 1.807) is 18.2 Å². The van der Waals surface area contributed by atoms with E-state index in [9.17, 15) is 8.78 Å². The number of hydrogen-bond donors (Lipinski definition) is 1. The van der Waals surface area contributed by atoms with Crippen molar-refractivity contribution in [3.05, 3.63) is 29.8 Å². The SMILES string of the molecule is CN(Cc1cccc(OC(F)F)c1)C1CCC(CO)CC1. The Morgan fingerprint density at radius 3 is 2.62 bits per heavy atom. The maximum absolute atomic E-state index is 12.2. The predicted octanol–water partition coefficient (Wildman–Crippen LogP) is 3.27. The van der Waals surface area contributed by atoms with Crippen LogP contribution in [0.2, 0.25) is 0 Å². The summed E-state index contributed by atoms with van der Waals surface area (Å²) in [6, 6.07) is 7.37. The Hall–Kier alpha value is -1.20. The van der Waals surface area contributed by atoms with E-state index in [0.717, 1.165) is 37.8 Å². The molecule has 0 unspecified atom stereocenters. The lowest BCUT2D eigenvalue weighted by molar-refractivity contribution is -0.0499. The average Bonchev–Trinajstić information content (AvgIpc) is 2.47. The van der Waals surface area contributed by atoms with Crippen molar-refractivity contribution in [2.75, 3.05) is 13.7 Å². The lowest BCUT2D eigenvalue weighted by atomic mass is 9.86. The van der Waals surface area contributed by atoms with E-state index in [1.165, 1.54) is 0 Å². The van der Waals surface area contributed by atoms with Gasteiger partial charge in [0.05, 0.1) is 0 Å². The van der Waals surface area contributed by atoms with E-state index < -0.39 is 6.61 Å². The fraction of sp³-hybridized carbons (Fsp3) is 0.625. The molecule has 1 aliphatic rings. The van der Waals surface area contributed by atoms with Crippen LogP contribution >= 0.6 is 0 Å². The van der Waals surface area contributed by atoms with Gasteiger partial charge in [0.1, 0.15) is 5.75 Å². The Kier molecular flexibility index (Phi) is 5.94. The summed E-state index contributed by atoms with van der Waals surface area (Å²) in [4.78, 5) is 2.26. The molecule has 1 aliphatic carbocycles. The number of benzene rings is 1. The fourth-order valence-electron chi connectivity index (χ4n) is 3.01. The van der Waals surface area contributed by atoms with E-state index in [2.05, 4.69) is 16.7 Å². The molecule has 2 rings (SSSR count). The summed E-state index contributed by atoms with van der Waals surface area (Å²) in [5.74, 6) is 0.650. The van der Waals surface area contributed by atoms with Gasteiger partial charge in [-0.3, -0.25) is 4.90 Å². The van der Waals surface area contributed by atoms with Crippen LogP contribution in [0.25, 0.3) is 0 Å². The molecule has 1 aromatic rings. The largest absolute Gasteiger partial charge is 0.435 e. The van der Waals surface area contributed by atoms with Gasteiger partial charge in [-0.15, -0.1) is 0 Å². The van der Waals surface area contributed by atoms with Gasteiger partial charge < -0.3 is 9.84 Å². The molecule has 0 aliphatic heterocycles. The Morgan fingerprint density at radius 1 is 1.29 bits per heavy atom. The molecule has 1 fully saturated rings. The first-order valence-electron chi connectivity index (χ1n) is 7.43. The molecule has 0 aromatic heterocycles. The summed E-state index contributed by atoms with van der Waals surface area (Å²) in [6.07, 6.45) is 4.27. The van der Waals surface area contributed by atoms with Crippen molar-refractivity contribution < 1.29 is 18.6 Å². The zero-order valence-electron chi connectivity index (χ0n) is 12.3. The van der Waals surface area contributed by atoms with Crippen LogP contribution in [-0.4, -0.2) is 36.3 Å². The minimum absolute atomic E-state index is 0.208. The number of rotatable bonds is 6. The summed E-state index contributed by atoms with van der Waals surface area (Å²) in [6.45, 7) is -1.79. The van der Waals surface area contributed by atoms with Crippen molar-refractivity contribution in [1.29, 1.82) is 0 Å². The highest BCUT2D eigenvalue weighted by atomic mass is 19.3. The monoisotopic (exact) mass is 299 g/mol. The van der Waals surface area contributed by atoms with Crippen LogP contribution in [0.3, 0.4) is 0 Å².